The predicted octanol–water partition coefficient (Wildman–Crippen LogP) is 3.04. The van der Waals surface area contributed by atoms with Gasteiger partial charge in [0.05, 0.1) is 17.8 Å². The minimum Gasteiger partial charge on any atom is -0.452 e. The molecular weight excluding hydrogens is 316 g/mol. The fourth-order valence-electron chi connectivity index (χ4n) is 2.63. The normalized spacial score (nSPS) is 13.5. The van der Waals surface area contributed by atoms with Crippen molar-refractivity contribution in [2.75, 3.05) is 13.2 Å². The van der Waals surface area contributed by atoms with Gasteiger partial charge in [-0.05, 0) is 29.7 Å². The molecule has 1 amide bonds. The topological polar surface area (TPSA) is 59.0 Å². The van der Waals surface area contributed by atoms with Crippen LogP contribution in [0.5, 0.6) is 0 Å². The third kappa shape index (κ3) is 4.12. The first-order chi connectivity index (χ1) is 12.2. The number of nitrogens with zero attached hydrogens (tertiary/aromatic N) is 2. The van der Waals surface area contributed by atoms with Crippen LogP contribution in [-0.2, 0) is 16.0 Å². The van der Waals surface area contributed by atoms with Crippen LogP contribution in [0, 0.1) is 0 Å². The Hall–Kier alpha value is -2.95. The molecule has 0 radical (unpaired) electrons. The Kier molecular flexibility index (Phi) is 5.23. The summed E-state index contributed by atoms with van der Waals surface area (Å²) in [7, 11) is 0. The van der Waals surface area contributed by atoms with Crippen LogP contribution in [0.3, 0.4) is 0 Å². The fraction of sp³-hybridized carbons (Fsp3) is 0.250. The van der Waals surface area contributed by atoms with Gasteiger partial charge in [0, 0.05) is 6.42 Å². The molecule has 128 valence electrons. The van der Waals surface area contributed by atoms with E-state index in [1.54, 1.807) is 12.1 Å². The smallest absolute Gasteiger partial charge is 0.338 e. The Morgan fingerprint density at radius 3 is 2.48 bits per heavy atom. The van der Waals surface area contributed by atoms with Crippen LogP contribution in [0.15, 0.2) is 59.7 Å². The molecule has 1 heterocycles. The van der Waals surface area contributed by atoms with Crippen molar-refractivity contribution in [1.82, 2.24) is 5.01 Å². The van der Waals surface area contributed by atoms with E-state index in [9.17, 15) is 9.59 Å². The quantitative estimate of drug-likeness (QED) is 0.789. The molecule has 0 N–H and O–H groups in total. The van der Waals surface area contributed by atoms with Gasteiger partial charge in [-0.25, -0.2) is 9.80 Å². The number of hydrogen-bond acceptors (Lipinski definition) is 4. The molecule has 0 aromatic heterocycles. The zero-order valence-electron chi connectivity index (χ0n) is 14.1. The third-order valence-corrected chi connectivity index (χ3v) is 4.12. The van der Waals surface area contributed by atoms with Gasteiger partial charge in [0.25, 0.3) is 5.91 Å². The molecule has 2 aromatic rings. The highest BCUT2D eigenvalue weighted by Gasteiger charge is 2.22. The van der Waals surface area contributed by atoms with E-state index in [-0.39, 0.29) is 12.5 Å². The second-order valence-corrected chi connectivity index (χ2v) is 5.81. The summed E-state index contributed by atoms with van der Waals surface area (Å²) in [5.74, 6) is -0.813. The summed E-state index contributed by atoms with van der Waals surface area (Å²) in [6, 6.07) is 16.9. The SMILES string of the molecule is CCc1ccc(C(=O)OCC(=O)N2CCC(c3ccccc3)=N2)cc1. The number of esters is 1. The highest BCUT2D eigenvalue weighted by Crippen LogP contribution is 2.14. The van der Waals surface area contributed by atoms with Gasteiger partial charge >= 0.3 is 5.97 Å². The fourth-order valence-corrected chi connectivity index (χ4v) is 2.63. The van der Waals surface area contributed by atoms with Gasteiger partial charge in [-0.1, -0.05) is 49.4 Å². The average molecular weight is 336 g/mol. The molecule has 0 saturated carbocycles. The van der Waals surface area contributed by atoms with E-state index in [0.29, 0.717) is 18.5 Å². The molecule has 0 bridgehead atoms. The van der Waals surface area contributed by atoms with Gasteiger partial charge in [-0.15, -0.1) is 0 Å². The summed E-state index contributed by atoms with van der Waals surface area (Å²) in [6.45, 7) is 2.25. The number of hydrogen-bond donors (Lipinski definition) is 0. The molecule has 0 unspecified atom stereocenters. The van der Waals surface area contributed by atoms with Crippen LogP contribution in [-0.4, -0.2) is 35.7 Å². The average Bonchev–Trinajstić information content (AvgIpc) is 3.17. The Labute approximate surface area is 146 Å². The monoisotopic (exact) mass is 336 g/mol. The Morgan fingerprint density at radius 2 is 1.80 bits per heavy atom. The lowest BCUT2D eigenvalue weighted by molar-refractivity contribution is -0.134. The van der Waals surface area contributed by atoms with Crippen LogP contribution >= 0.6 is 0 Å². The molecule has 0 spiro atoms. The maximum absolute atomic E-state index is 12.2. The van der Waals surface area contributed by atoms with E-state index in [4.69, 9.17) is 4.74 Å². The maximum atomic E-state index is 12.2. The zero-order chi connectivity index (χ0) is 17.6. The second kappa shape index (κ2) is 7.75. The van der Waals surface area contributed by atoms with Crippen LogP contribution in [0.4, 0.5) is 0 Å². The first-order valence-electron chi connectivity index (χ1n) is 8.36. The summed E-state index contributed by atoms with van der Waals surface area (Å²) in [5, 5.41) is 5.71. The largest absolute Gasteiger partial charge is 0.452 e. The molecule has 2 aromatic carbocycles. The number of carbonyl (C=O) groups is 2. The van der Waals surface area contributed by atoms with Gasteiger partial charge < -0.3 is 4.74 Å². The molecular formula is C20H20N2O3. The number of rotatable bonds is 5. The van der Waals surface area contributed by atoms with Crippen LogP contribution < -0.4 is 0 Å². The van der Waals surface area contributed by atoms with Crippen molar-refractivity contribution < 1.29 is 14.3 Å². The number of amides is 1. The number of ether oxygens (including phenoxy) is 1. The van der Waals surface area contributed by atoms with E-state index in [1.165, 1.54) is 5.01 Å². The summed E-state index contributed by atoms with van der Waals surface area (Å²) >= 11 is 0. The lowest BCUT2D eigenvalue weighted by Gasteiger charge is -2.11. The predicted molar refractivity (Wildman–Crippen MR) is 95.4 cm³/mol. The Balaban J connectivity index is 1.56. The molecule has 5 heteroatoms. The van der Waals surface area contributed by atoms with E-state index in [1.807, 2.05) is 49.4 Å². The van der Waals surface area contributed by atoms with Crippen molar-refractivity contribution in [1.29, 1.82) is 0 Å². The molecule has 0 saturated heterocycles. The summed E-state index contributed by atoms with van der Waals surface area (Å²) in [4.78, 5) is 24.2. The van der Waals surface area contributed by atoms with Crippen molar-refractivity contribution in [3.63, 3.8) is 0 Å². The van der Waals surface area contributed by atoms with Crippen LogP contribution in [0.1, 0.15) is 34.8 Å². The third-order valence-electron chi connectivity index (χ3n) is 4.12. The van der Waals surface area contributed by atoms with Gasteiger partial charge in [0.15, 0.2) is 6.61 Å². The zero-order valence-corrected chi connectivity index (χ0v) is 14.1. The van der Waals surface area contributed by atoms with Crippen LogP contribution in [0.25, 0.3) is 0 Å². The number of carbonyl (C=O) groups excluding carboxylic acids is 2. The highest BCUT2D eigenvalue weighted by atomic mass is 16.5. The van der Waals surface area contributed by atoms with E-state index in [2.05, 4.69) is 5.10 Å². The van der Waals surface area contributed by atoms with E-state index < -0.39 is 5.97 Å². The Morgan fingerprint density at radius 1 is 1.08 bits per heavy atom. The van der Waals surface area contributed by atoms with Crippen molar-refractivity contribution in [2.45, 2.75) is 19.8 Å². The number of benzene rings is 2. The standard InChI is InChI=1S/C20H20N2O3/c1-2-15-8-10-17(11-9-15)20(24)25-14-19(23)22-13-12-18(21-22)16-6-4-3-5-7-16/h3-11H,2,12-14H2,1H3. The van der Waals surface area contributed by atoms with Gasteiger partial charge in [-0.2, -0.15) is 5.10 Å². The van der Waals surface area contributed by atoms with Gasteiger partial charge in [0.1, 0.15) is 0 Å². The highest BCUT2D eigenvalue weighted by molar-refractivity contribution is 6.02. The molecule has 0 atom stereocenters. The minimum absolute atomic E-state index is 0.306. The van der Waals surface area contributed by atoms with Crippen molar-refractivity contribution in [2.24, 2.45) is 5.10 Å². The van der Waals surface area contributed by atoms with Gasteiger partial charge in [0.2, 0.25) is 0 Å². The molecule has 5 nitrogen and oxygen atoms in total. The first-order valence-corrected chi connectivity index (χ1v) is 8.36. The molecule has 3 rings (SSSR count). The summed E-state index contributed by atoms with van der Waals surface area (Å²) in [6.07, 6.45) is 1.60. The van der Waals surface area contributed by atoms with Crippen molar-refractivity contribution in [3.05, 3.63) is 71.3 Å². The van der Waals surface area contributed by atoms with Gasteiger partial charge in [-0.3, -0.25) is 4.79 Å². The lowest BCUT2D eigenvalue weighted by Crippen LogP contribution is -2.28. The maximum Gasteiger partial charge on any atom is 0.338 e. The number of aryl methyl sites for hydroxylation is 1. The molecule has 0 aliphatic carbocycles. The molecule has 1 aliphatic heterocycles. The minimum atomic E-state index is -0.498. The Bertz CT molecular complexity index is 782. The second-order valence-electron chi connectivity index (χ2n) is 5.81. The van der Waals surface area contributed by atoms with Crippen LogP contribution in [0.2, 0.25) is 0 Å². The number of hydrazone groups is 1. The molecule has 25 heavy (non-hydrogen) atoms. The molecule has 1 aliphatic rings. The van der Waals surface area contributed by atoms with Crippen molar-refractivity contribution >= 4 is 17.6 Å². The summed E-state index contributed by atoms with van der Waals surface area (Å²) in [5.41, 5.74) is 3.47. The van der Waals surface area contributed by atoms with E-state index >= 15 is 0 Å². The lowest BCUT2D eigenvalue weighted by atomic mass is 10.1. The first kappa shape index (κ1) is 16.9. The molecule has 0 fully saturated rings. The summed E-state index contributed by atoms with van der Waals surface area (Å²) < 4.78 is 5.12. The van der Waals surface area contributed by atoms with E-state index in [0.717, 1.165) is 23.3 Å². The van der Waals surface area contributed by atoms with Crippen molar-refractivity contribution in [3.8, 4) is 0 Å².